The zero-order valence-electron chi connectivity index (χ0n) is 21.2. The van der Waals surface area contributed by atoms with Gasteiger partial charge in [0, 0.05) is 18.8 Å². The van der Waals surface area contributed by atoms with E-state index in [2.05, 4.69) is 5.32 Å². The molecular formula is C29H35FN2O5. The van der Waals surface area contributed by atoms with Crippen molar-refractivity contribution in [1.29, 1.82) is 0 Å². The molecule has 4 N–H and O–H groups in total. The molecule has 0 aromatic heterocycles. The van der Waals surface area contributed by atoms with Crippen LogP contribution in [0, 0.1) is 11.7 Å². The van der Waals surface area contributed by atoms with Gasteiger partial charge in [0.1, 0.15) is 18.4 Å². The van der Waals surface area contributed by atoms with Crippen molar-refractivity contribution in [3.8, 4) is 5.75 Å². The Morgan fingerprint density at radius 1 is 0.973 bits per heavy atom. The van der Waals surface area contributed by atoms with Crippen LogP contribution >= 0.6 is 0 Å². The number of aliphatic carboxylic acids is 1. The topological polar surface area (TPSA) is 103 Å². The van der Waals surface area contributed by atoms with Crippen molar-refractivity contribution in [3.05, 3.63) is 95.3 Å². The number of carbonyl (C=O) groups is 1. The quantitative estimate of drug-likeness (QED) is 0.179. The van der Waals surface area contributed by atoms with Crippen molar-refractivity contribution in [1.82, 2.24) is 0 Å². The lowest BCUT2D eigenvalue weighted by molar-refractivity contribution is -0.143. The lowest BCUT2D eigenvalue weighted by atomic mass is 9.87. The number of methoxy groups -OCH3 is 1. The fourth-order valence-corrected chi connectivity index (χ4v) is 4.14. The van der Waals surface area contributed by atoms with E-state index in [0.29, 0.717) is 31.7 Å². The van der Waals surface area contributed by atoms with Gasteiger partial charge in [0.25, 0.3) is 0 Å². The van der Waals surface area contributed by atoms with Crippen LogP contribution in [0.25, 0.3) is 0 Å². The van der Waals surface area contributed by atoms with Gasteiger partial charge in [0.05, 0.1) is 25.2 Å². The molecule has 0 aliphatic rings. The zero-order chi connectivity index (χ0) is 26.6. The number of anilines is 1. The van der Waals surface area contributed by atoms with E-state index in [1.165, 1.54) is 12.1 Å². The molecule has 0 aliphatic carbocycles. The Kier molecular flexibility index (Phi) is 10.9. The average Bonchev–Trinajstić information content (AvgIpc) is 2.92. The molecule has 0 unspecified atom stereocenters. The number of ether oxygens (including phenoxy) is 3. The number of carboxylic acid groups (broad SMARTS) is 1. The molecule has 0 bridgehead atoms. The lowest BCUT2D eigenvalue weighted by Crippen LogP contribution is -2.28. The van der Waals surface area contributed by atoms with Crippen molar-refractivity contribution >= 4 is 11.7 Å². The van der Waals surface area contributed by atoms with Crippen LogP contribution in [0.2, 0.25) is 0 Å². The van der Waals surface area contributed by atoms with Gasteiger partial charge in [-0.05, 0) is 72.9 Å². The fourth-order valence-electron chi connectivity index (χ4n) is 4.14. The molecule has 0 heterocycles. The number of nitrogens with one attached hydrogen (secondary N) is 1. The molecule has 0 saturated heterocycles. The smallest absolute Gasteiger partial charge is 0.308 e. The van der Waals surface area contributed by atoms with E-state index < -0.39 is 24.0 Å². The standard InChI is InChI=1S/C29H35FN2O5/c1-3-36-19-37-27(21-6-10-23(30)11-7-21)17-16-26(29(33)34)28(22-8-14-25(35-2)15-9-22)32-24-12-4-20(18-31)5-13-24/h4-15,26-28,32H,3,16-19,31H2,1-2H3,(H,33,34)/t26-,27+,28-/m1/s1. The van der Waals surface area contributed by atoms with Gasteiger partial charge in [-0.15, -0.1) is 0 Å². The summed E-state index contributed by atoms with van der Waals surface area (Å²) in [6.07, 6.45) is 0.249. The van der Waals surface area contributed by atoms with Gasteiger partial charge in [-0.25, -0.2) is 4.39 Å². The molecule has 0 aliphatic heterocycles. The lowest BCUT2D eigenvalue weighted by Gasteiger charge is -2.28. The second kappa shape index (κ2) is 14.3. The fraction of sp³-hybridized carbons (Fsp3) is 0.345. The van der Waals surface area contributed by atoms with E-state index in [-0.39, 0.29) is 12.6 Å². The Morgan fingerprint density at radius 2 is 1.62 bits per heavy atom. The first kappa shape index (κ1) is 28.1. The molecule has 3 aromatic carbocycles. The summed E-state index contributed by atoms with van der Waals surface area (Å²) in [6.45, 7) is 2.83. The second-order valence-corrected chi connectivity index (χ2v) is 8.64. The highest BCUT2D eigenvalue weighted by molar-refractivity contribution is 5.72. The monoisotopic (exact) mass is 510 g/mol. The first-order valence-corrected chi connectivity index (χ1v) is 12.3. The van der Waals surface area contributed by atoms with E-state index in [1.54, 1.807) is 19.2 Å². The summed E-state index contributed by atoms with van der Waals surface area (Å²) in [5.41, 5.74) is 9.06. The average molecular weight is 511 g/mol. The summed E-state index contributed by atoms with van der Waals surface area (Å²) < 4.78 is 30.1. The van der Waals surface area contributed by atoms with Gasteiger partial charge in [0.2, 0.25) is 0 Å². The summed E-state index contributed by atoms with van der Waals surface area (Å²) in [5, 5.41) is 13.7. The summed E-state index contributed by atoms with van der Waals surface area (Å²) in [7, 11) is 1.58. The van der Waals surface area contributed by atoms with Gasteiger partial charge < -0.3 is 30.4 Å². The largest absolute Gasteiger partial charge is 0.497 e. The van der Waals surface area contributed by atoms with Crippen molar-refractivity contribution < 1.29 is 28.5 Å². The van der Waals surface area contributed by atoms with Crippen LogP contribution in [-0.4, -0.2) is 31.6 Å². The van der Waals surface area contributed by atoms with Crippen molar-refractivity contribution in [3.63, 3.8) is 0 Å². The van der Waals surface area contributed by atoms with Crippen LogP contribution in [0.1, 0.15) is 48.6 Å². The Bertz CT molecular complexity index is 1090. The molecule has 0 radical (unpaired) electrons. The van der Waals surface area contributed by atoms with E-state index >= 15 is 0 Å². The van der Waals surface area contributed by atoms with Crippen molar-refractivity contribution in [2.24, 2.45) is 11.7 Å². The van der Waals surface area contributed by atoms with Crippen LogP contribution < -0.4 is 15.8 Å². The molecular weight excluding hydrogens is 475 g/mol. The maximum Gasteiger partial charge on any atom is 0.308 e. The minimum absolute atomic E-state index is 0.0595. The molecule has 8 heteroatoms. The van der Waals surface area contributed by atoms with Gasteiger partial charge in [-0.2, -0.15) is 0 Å². The van der Waals surface area contributed by atoms with Crippen LogP contribution in [-0.2, 0) is 20.8 Å². The molecule has 0 amide bonds. The van der Waals surface area contributed by atoms with Gasteiger partial charge in [-0.1, -0.05) is 36.4 Å². The third-order valence-corrected chi connectivity index (χ3v) is 6.24. The molecule has 37 heavy (non-hydrogen) atoms. The van der Waals surface area contributed by atoms with Gasteiger partial charge in [0.15, 0.2) is 0 Å². The zero-order valence-corrected chi connectivity index (χ0v) is 21.2. The Hall–Kier alpha value is -3.46. The molecule has 7 nitrogen and oxygen atoms in total. The first-order valence-electron chi connectivity index (χ1n) is 12.3. The number of hydrogen-bond acceptors (Lipinski definition) is 6. The minimum atomic E-state index is -0.936. The predicted octanol–water partition coefficient (Wildman–Crippen LogP) is 5.68. The van der Waals surface area contributed by atoms with E-state index in [0.717, 1.165) is 22.4 Å². The van der Waals surface area contributed by atoms with E-state index in [9.17, 15) is 14.3 Å². The number of carboxylic acids is 1. The van der Waals surface area contributed by atoms with Crippen LogP contribution in [0.15, 0.2) is 72.8 Å². The molecule has 0 fully saturated rings. The van der Waals surface area contributed by atoms with Crippen LogP contribution in [0.4, 0.5) is 10.1 Å². The van der Waals surface area contributed by atoms with Crippen LogP contribution in [0.3, 0.4) is 0 Å². The Balaban J connectivity index is 1.87. The Morgan fingerprint density at radius 3 is 2.19 bits per heavy atom. The molecule has 3 atom stereocenters. The third-order valence-electron chi connectivity index (χ3n) is 6.24. The number of hydrogen-bond donors (Lipinski definition) is 3. The third kappa shape index (κ3) is 8.28. The highest BCUT2D eigenvalue weighted by atomic mass is 19.1. The van der Waals surface area contributed by atoms with Gasteiger partial charge >= 0.3 is 5.97 Å². The van der Waals surface area contributed by atoms with Gasteiger partial charge in [-0.3, -0.25) is 4.79 Å². The predicted molar refractivity (Wildman–Crippen MR) is 141 cm³/mol. The summed E-state index contributed by atoms with van der Waals surface area (Å²) >= 11 is 0. The minimum Gasteiger partial charge on any atom is -0.497 e. The maximum absolute atomic E-state index is 13.5. The second-order valence-electron chi connectivity index (χ2n) is 8.64. The maximum atomic E-state index is 13.5. The molecule has 198 valence electrons. The summed E-state index contributed by atoms with van der Waals surface area (Å²) in [6, 6.07) is 20.5. The number of halogens is 1. The van der Waals surface area contributed by atoms with E-state index in [1.807, 2.05) is 55.5 Å². The van der Waals surface area contributed by atoms with Crippen molar-refractivity contribution in [2.75, 3.05) is 25.8 Å². The highest BCUT2D eigenvalue weighted by Gasteiger charge is 2.31. The molecule has 0 spiro atoms. The molecule has 3 rings (SSSR count). The number of rotatable bonds is 15. The Labute approximate surface area is 217 Å². The highest BCUT2D eigenvalue weighted by Crippen LogP contribution is 2.34. The van der Waals surface area contributed by atoms with Crippen LogP contribution in [0.5, 0.6) is 5.75 Å². The van der Waals surface area contributed by atoms with E-state index in [4.69, 9.17) is 19.9 Å². The molecule has 0 saturated carbocycles. The van der Waals surface area contributed by atoms with Crippen molar-refractivity contribution in [2.45, 2.75) is 38.5 Å². The first-order chi connectivity index (χ1) is 17.9. The number of benzene rings is 3. The molecule has 3 aromatic rings. The normalized spacial score (nSPS) is 13.5. The summed E-state index contributed by atoms with van der Waals surface area (Å²) in [5.74, 6) is -1.39. The number of nitrogens with two attached hydrogens (primary N) is 1. The summed E-state index contributed by atoms with van der Waals surface area (Å²) in [4.78, 5) is 12.6. The SMILES string of the molecule is CCOCO[C@@H](CC[C@@H](C(=O)O)[C@H](Nc1ccc(CN)cc1)c1ccc(OC)cc1)c1ccc(F)cc1.